The van der Waals surface area contributed by atoms with E-state index in [0.29, 0.717) is 40.6 Å². The zero-order valence-corrected chi connectivity index (χ0v) is 19.6. The number of allylic oxidation sites excluding steroid dienone is 1. The van der Waals surface area contributed by atoms with Crippen LogP contribution in [-0.4, -0.2) is 25.2 Å². The van der Waals surface area contributed by atoms with Crippen molar-refractivity contribution in [2.24, 2.45) is 0 Å². The van der Waals surface area contributed by atoms with Gasteiger partial charge >= 0.3 is 12.0 Å². The fourth-order valence-corrected chi connectivity index (χ4v) is 3.94. The van der Waals surface area contributed by atoms with E-state index < -0.39 is 12.0 Å². The molecule has 0 bridgehead atoms. The van der Waals surface area contributed by atoms with Gasteiger partial charge in [-0.05, 0) is 37.5 Å². The van der Waals surface area contributed by atoms with E-state index in [0.717, 1.165) is 12.8 Å². The van der Waals surface area contributed by atoms with Crippen LogP contribution in [0.2, 0.25) is 5.02 Å². The summed E-state index contributed by atoms with van der Waals surface area (Å²) in [6, 6.07) is 4.31. The van der Waals surface area contributed by atoms with Crippen molar-refractivity contribution in [1.29, 1.82) is 0 Å². The van der Waals surface area contributed by atoms with E-state index in [9.17, 15) is 9.59 Å². The van der Waals surface area contributed by atoms with Crippen LogP contribution in [0.25, 0.3) is 0 Å². The number of hydrogen-bond donors (Lipinski definition) is 2. The Bertz CT molecular complexity index is 779. The summed E-state index contributed by atoms with van der Waals surface area (Å²) in [6.45, 7) is 6.73. The maximum Gasteiger partial charge on any atom is 0.338 e. The number of hydrogen-bond acceptors (Lipinski definition) is 4. The third-order valence-electron chi connectivity index (χ3n) is 5.30. The molecule has 0 saturated carbocycles. The second-order valence-corrected chi connectivity index (χ2v) is 8.06. The first kappa shape index (κ1) is 25.1. The highest BCUT2D eigenvalue weighted by Gasteiger charge is 2.34. The van der Waals surface area contributed by atoms with Gasteiger partial charge in [-0.2, -0.15) is 0 Å². The van der Waals surface area contributed by atoms with Gasteiger partial charge in [0.1, 0.15) is 5.75 Å². The standard InChI is InChI=1S/C24H35ClN2O4/c1-4-7-8-9-10-11-12-15-31-17-13-14-18(19(25)16-17)22-21(23(28)30-6-3)20(5-2)26-24(29)27-22/h13-14,16,22H,4-12,15H2,1-3H3,(H2,26,27,29). The van der Waals surface area contributed by atoms with Gasteiger partial charge in [-0.1, -0.05) is 70.0 Å². The molecule has 0 aliphatic carbocycles. The molecule has 0 fully saturated rings. The van der Waals surface area contributed by atoms with Gasteiger partial charge in [0.15, 0.2) is 0 Å². The largest absolute Gasteiger partial charge is 0.494 e. The van der Waals surface area contributed by atoms with Crippen molar-refractivity contribution in [3.05, 3.63) is 40.1 Å². The molecule has 31 heavy (non-hydrogen) atoms. The highest BCUT2D eigenvalue weighted by Crippen LogP contribution is 2.35. The fourth-order valence-electron chi connectivity index (χ4n) is 3.66. The number of unbranched alkanes of at least 4 members (excludes halogenated alkanes) is 6. The summed E-state index contributed by atoms with van der Waals surface area (Å²) in [4.78, 5) is 24.7. The molecule has 0 aromatic heterocycles. The first-order chi connectivity index (χ1) is 15.0. The maximum absolute atomic E-state index is 12.6. The molecule has 2 amide bonds. The molecular weight excluding hydrogens is 416 g/mol. The second-order valence-electron chi connectivity index (χ2n) is 7.65. The summed E-state index contributed by atoms with van der Waals surface area (Å²) >= 11 is 6.53. The number of esters is 1. The van der Waals surface area contributed by atoms with Gasteiger partial charge < -0.3 is 20.1 Å². The number of carbonyl (C=O) groups excluding carboxylic acids is 2. The number of urea groups is 1. The second kappa shape index (κ2) is 13.3. The summed E-state index contributed by atoms with van der Waals surface area (Å²) in [5.74, 6) is 0.213. The van der Waals surface area contributed by atoms with Gasteiger partial charge in [-0.3, -0.25) is 0 Å². The van der Waals surface area contributed by atoms with E-state index in [4.69, 9.17) is 21.1 Å². The van der Waals surface area contributed by atoms with E-state index in [2.05, 4.69) is 17.6 Å². The van der Waals surface area contributed by atoms with Gasteiger partial charge in [0.05, 0.1) is 24.8 Å². The molecule has 1 aliphatic heterocycles. The summed E-state index contributed by atoms with van der Waals surface area (Å²) in [5.41, 5.74) is 1.55. The first-order valence-corrected chi connectivity index (χ1v) is 11.8. The van der Waals surface area contributed by atoms with Crippen molar-refractivity contribution in [2.75, 3.05) is 13.2 Å². The lowest BCUT2D eigenvalue weighted by Gasteiger charge is -2.29. The minimum Gasteiger partial charge on any atom is -0.494 e. The molecule has 2 rings (SSSR count). The Morgan fingerprint density at radius 1 is 1.06 bits per heavy atom. The van der Waals surface area contributed by atoms with Gasteiger partial charge in [-0.15, -0.1) is 0 Å². The summed E-state index contributed by atoms with van der Waals surface area (Å²) < 4.78 is 11.1. The van der Waals surface area contributed by atoms with Gasteiger partial charge in [0.25, 0.3) is 0 Å². The zero-order chi connectivity index (χ0) is 22.6. The van der Waals surface area contributed by atoms with E-state index in [1.165, 1.54) is 32.1 Å². The van der Waals surface area contributed by atoms with Crippen LogP contribution in [0.3, 0.4) is 0 Å². The Morgan fingerprint density at radius 3 is 2.42 bits per heavy atom. The lowest BCUT2D eigenvalue weighted by molar-refractivity contribution is -0.139. The Hall–Kier alpha value is -2.21. The van der Waals surface area contributed by atoms with Crippen LogP contribution in [0.5, 0.6) is 5.75 Å². The Balaban J connectivity index is 2.03. The molecule has 1 aromatic carbocycles. The predicted molar refractivity (Wildman–Crippen MR) is 123 cm³/mol. The molecule has 0 saturated heterocycles. The number of benzene rings is 1. The normalized spacial score (nSPS) is 16.0. The SMILES string of the molecule is CCCCCCCCCOc1ccc(C2NC(=O)NC(CC)=C2C(=O)OCC)c(Cl)c1. The first-order valence-electron chi connectivity index (χ1n) is 11.4. The molecule has 1 atom stereocenters. The van der Waals surface area contributed by atoms with Crippen LogP contribution in [0.1, 0.15) is 83.7 Å². The number of rotatable bonds is 13. The van der Waals surface area contributed by atoms with Crippen LogP contribution in [0, 0.1) is 0 Å². The van der Waals surface area contributed by atoms with E-state index >= 15 is 0 Å². The van der Waals surface area contributed by atoms with Crippen LogP contribution in [-0.2, 0) is 9.53 Å². The Morgan fingerprint density at radius 2 is 1.77 bits per heavy atom. The van der Waals surface area contributed by atoms with E-state index in [1.54, 1.807) is 19.1 Å². The van der Waals surface area contributed by atoms with Crippen molar-refractivity contribution in [1.82, 2.24) is 10.6 Å². The van der Waals surface area contributed by atoms with Gasteiger partial charge in [0, 0.05) is 10.7 Å². The van der Waals surface area contributed by atoms with E-state index in [-0.39, 0.29) is 12.6 Å². The minimum atomic E-state index is -0.674. The topological polar surface area (TPSA) is 76.7 Å². The van der Waals surface area contributed by atoms with Crippen LogP contribution >= 0.6 is 11.6 Å². The van der Waals surface area contributed by atoms with Crippen molar-refractivity contribution in [2.45, 2.75) is 78.2 Å². The fraction of sp³-hybridized carbons (Fsp3) is 0.583. The average molecular weight is 451 g/mol. The quantitative estimate of drug-likeness (QED) is 0.283. The van der Waals surface area contributed by atoms with Crippen LogP contribution in [0.4, 0.5) is 4.79 Å². The maximum atomic E-state index is 12.6. The minimum absolute atomic E-state index is 0.249. The number of nitrogens with one attached hydrogen (secondary N) is 2. The average Bonchev–Trinajstić information content (AvgIpc) is 2.75. The summed E-state index contributed by atoms with van der Waals surface area (Å²) in [6.07, 6.45) is 9.06. The molecule has 6 nitrogen and oxygen atoms in total. The van der Waals surface area contributed by atoms with Crippen molar-refractivity contribution < 1.29 is 19.1 Å². The van der Waals surface area contributed by atoms with Crippen molar-refractivity contribution in [3.63, 3.8) is 0 Å². The van der Waals surface area contributed by atoms with Crippen molar-refractivity contribution >= 4 is 23.6 Å². The highest BCUT2D eigenvalue weighted by atomic mass is 35.5. The third kappa shape index (κ3) is 7.46. The Kier molecular flexibility index (Phi) is 10.7. The van der Waals surface area contributed by atoms with Gasteiger partial charge in [0.2, 0.25) is 0 Å². The summed E-state index contributed by atoms with van der Waals surface area (Å²) in [5, 5.41) is 5.93. The smallest absolute Gasteiger partial charge is 0.338 e. The number of carbonyl (C=O) groups is 2. The van der Waals surface area contributed by atoms with E-state index in [1.807, 2.05) is 13.0 Å². The molecule has 1 aliphatic rings. The monoisotopic (exact) mass is 450 g/mol. The molecule has 1 unspecified atom stereocenters. The number of halogens is 1. The third-order valence-corrected chi connectivity index (χ3v) is 5.63. The summed E-state index contributed by atoms with van der Waals surface area (Å²) in [7, 11) is 0. The number of ether oxygens (including phenoxy) is 2. The molecule has 1 heterocycles. The van der Waals surface area contributed by atoms with Crippen LogP contribution < -0.4 is 15.4 Å². The molecule has 7 heteroatoms. The molecule has 0 radical (unpaired) electrons. The van der Waals surface area contributed by atoms with Crippen LogP contribution in [0.15, 0.2) is 29.5 Å². The van der Waals surface area contributed by atoms with Gasteiger partial charge in [-0.25, -0.2) is 9.59 Å². The lowest BCUT2D eigenvalue weighted by Crippen LogP contribution is -2.46. The molecule has 172 valence electrons. The predicted octanol–water partition coefficient (Wildman–Crippen LogP) is 6.05. The lowest BCUT2D eigenvalue weighted by atomic mass is 9.94. The molecule has 0 spiro atoms. The molecular formula is C24H35ClN2O4. The zero-order valence-electron chi connectivity index (χ0n) is 18.9. The Labute approximate surface area is 190 Å². The number of amides is 2. The highest BCUT2D eigenvalue weighted by molar-refractivity contribution is 6.31. The molecule has 1 aromatic rings. The van der Waals surface area contributed by atoms with Crippen molar-refractivity contribution in [3.8, 4) is 5.75 Å². The molecule has 2 N–H and O–H groups in total.